The summed E-state index contributed by atoms with van der Waals surface area (Å²) >= 11 is 0. The van der Waals surface area contributed by atoms with Crippen molar-refractivity contribution < 1.29 is 9.47 Å². The van der Waals surface area contributed by atoms with Crippen LogP contribution < -0.4 is 4.74 Å². The van der Waals surface area contributed by atoms with E-state index in [9.17, 15) is 0 Å². The maximum Gasteiger partial charge on any atom is 0.156 e. The fraction of sp³-hybridized carbons (Fsp3) is 0.429. The highest BCUT2D eigenvalue weighted by atomic mass is 16.5. The summed E-state index contributed by atoms with van der Waals surface area (Å²) in [5.41, 5.74) is 4.45. The monoisotopic (exact) mass is 366 g/mol. The lowest BCUT2D eigenvalue weighted by Gasteiger charge is -2.31. The summed E-state index contributed by atoms with van der Waals surface area (Å²) < 4.78 is 10.6. The highest BCUT2D eigenvalue weighted by Crippen LogP contribution is 2.29. The second kappa shape index (κ2) is 8.50. The summed E-state index contributed by atoms with van der Waals surface area (Å²) in [4.78, 5) is 14.7. The zero-order chi connectivity index (χ0) is 18.5. The van der Waals surface area contributed by atoms with Gasteiger partial charge in [-0.05, 0) is 49.7 Å². The number of aromatic nitrogens is 3. The van der Waals surface area contributed by atoms with Crippen molar-refractivity contribution in [3.05, 3.63) is 54.0 Å². The smallest absolute Gasteiger partial charge is 0.156 e. The van der Waals surface area contributed by atoms with Gasteiger partial charge in [0.15, 0.2) is 5.65 Å². The predicted molar refractivity (Wildman–Crippen MR) is 105 cm³/mol. The van der Waals surface area contributed by atoms with Crippen molar-refractivity contribution in [2.75, 3.05) is 33.4 Å². The summed E-state index contributed by atoms with van der Waals surface area (Å²) in [6, 6.07) is 10.6. The van der Waals surface area contributed by atoms with Crippen LogP contribution in [-0.2, 0) is 11.3 Å². The van der Waals surface area contributed by atoms with Crippen molar-refractivity contribution in [1.82, 2.24) is 19.9 Å². The highest BCUT2D eigenvalue weighted by Gasteiger charge is 2.22. The van der Waals surface area contributed by atoms with Crippen molar-refractivity contribution in [3.63, 3.8) is 0 Å². The summed E-state index contributed by atoms with van der Waals surface area (Å²) in [6.07, 6.45) is 5.80. The van der Waals surface area contributed by atoms with Crippen molar-refractivity contribution in [2.24, 2.45) is 0 Å². The van der Waals surface area contributed by atoms with E-state index in [-0.39, 0.29) is 0 Å². The molecule has 0 amide bonds. The van der Waals surface area contributed by atoms with Gasteiger partial charge in [0.05, 0.1) is 6.61 Å². The average Bonchev–Trinajstić information content (AvgIpc) is 3.14. The van der Waals surface area contributed by atoms with Crippen LogP contribution in [0.2, 0.25) is 0 Å². The predicted octanol–water partition coefficient (Wildman–Crippen LogP) is 3.36. The van der Waals surface area contributed by atoms with Crippen molar-refractivity contribution in [1.29, 1.82) is 0 Å². The van der Waals surface area contributed by atoms with E-state index in [0.717, 1.165) is 49.4 Å². The van der Waals surface area contributed by atoms with Crippen molar-refractivity contribution >= 4 is 11.2 Å². The van der Waals surface area contributed by atoms with Crippen LogP contribution in [0.25, 0.3) is 11.2 Å². The van der Waals surface area contributed by atoms with E-state index >= 15 is 0 Å². The summed E-state index contributed by atoms with van der Waals surface area (Å²) in [5, 5.41) is 0. The Morgan fingerprint density at radius 2 is 1.85 bits per heavy atom. The molecule has 1 fully saturated rings. The Labute approximate surface area is 159 Å². The van der Waals surface area contributed by atoms with Gasteiger partial charge in [-0.3, -0.25) is 9.88 Å². The molecule has 6 nitrogen and oxygen atoms in total. The Kier molecular flexibility index (Phi) is 5.65. The molecule has 0 radical (unpaired) electrons. The van der Waals surface area contributed by atoms with Gasteiger partial charge in [0, 0.05) is 37.7 Å². The molecular weight excluding hydrogens is 340 g/mol. The molecule has 1 aliphatic heterocycles. The quantitative estimate of drug-likeness (QED) is 0.650. The van der Waals surface area contributed by atoms with Gasteiger partial charge >= 0.3 is 0 Å². The highest BCUT2D eigenvalue weighted by molar-refractivity contribution is 5.71. The Morgan fingerprint density at radius 1 is 1.07 bits per heavy atom. The standard InChI is InChI=1S/C21H26N4O2/c1-26-12-13-27-18-4-2-16(3-5-18)15-25-10-6-17(7-11-25)19-14-20-21(24-19)23-9-8-22-20/h2-5,8-9,14,17H,6-7,10-13,15H2,1H3,(H,23,24). The van der Waals surface area contributed by atoms with Gasteiger partial charge < -0.3 is 14.5 Å². The van der Waals surface area contributed by atoms with E-state index in [1.165, 1.54) is 11.3 Å². The number of piperidine rings is 1. The number of benzene rings is 1. The maximum absolute atomic E-state index is 5.63. The number of nitrogens with one attached hydrogen (secondary N) is 1. The van der Waals surface area contributed by atoms with Crippen LogP contribution in [0.1, 0.15) is 30.0 Å². The number of likely N-dealkylation sites (tertiary alicyclic amines) is 1. The van der Waals surface area contributed by atoms with Crippen molar-refractivity contribution in [3.8, 4) is 5.75 Å². The average molecular weight is 366 g/mol. The second-order valence-electron chi connectivity index (χ2n) is 7.05. The molecule has 142 valence electrons. The Morgan fingerprint density at radius 3 is 2.59 bits per heavy atom. The molecule has 4 rings (SSSR count). The number of ether oxygens (including phenoxy) is 2. The molecule has 6 heteroatoms. The number of H-pyrrole nitrogens is 1. The fourth-order valence-electron chi connectivity index (χ4n) is 3.68. The third-order valence-corrected chi connectivity index (χ3v) is 5.19. The normalized spacial score (nSPS) is 16.0. The van der Waals surface area contributed by atoms with E-state index in [0.29, 0.717) is 19.1 Å². The van der Waals surface area contributed by atoms with Gasteiger partial charge in [-0.15, -0.1) is 0 Å². The lowest BCUT2D eigenvalue weighted by molar-refractivity contribution is 0.146. The lowest BCUT2D eigenvalue weighted by atomic mass is 9.93. The van der Waals surface area contributed by atoms with Gasteiger partial charge in [0.25, 0.3) is 0 Å². The number of hydrogen-bond acceptors (Lipinski definition) is 5. The third-order valence-electron chi connectivity index (χ3n) is 5.19. The van der Waals surface area contributed by atoms with Gasteiger partial charge in [0.1, 0.15) is 17.9 Å². The number of rotatable bonds is 7. The molecule has 0 aliphatic carbocycles. The maximum atomic E-state index is 5.63. The minimum Gasteiger partial charge on any atom is -0.491 e. The van der Waals surface area contributed by atoms with E-state index in [4.69, 9.17) is 9.47 Å². The van der Waals surface area contributed by atoms with Gasteiger partial charge in [-0.25, -0.2) is 4.98 Å². The molecule has 27 heavy (non-hydrogen) atoms. The van der Waals surface area contributed by atoms with E-state index in [2.05, 4.69) is 38.1 Å². The third kappa shape index (κ3) is 4.46. The molecular formula is C21H26N4O2. The van der Waals surface area contributed by atoms with Crippen LogP contribution in [0.5, 0.6) is 5.75 Å². The molecule has 1 N–H and O–H groups in total. The molecule has 1 saturated heterocycles. The van der Waals surface area contributed by atoms with Crippen LogP contribution in [0, 0.1) is 0 Å². The molecule has 0 unspecified atom stereocenters. The van der Waals surface area contributed by atoms with E-state index in [1.807, 2.05) is 12.1 Å². The minimum atomic E-state index is 0.564. The molecule has 3 heterocycles. The van der Waals surface area contributed by atoms with E-state index < -0.39 is 0 Å². The Bertz CT molecular complexity index is 821. The second-order valence-corrected chi connectivity index (χ2v) is 7.05. The Hall–Kier alpha value is -2.44. The summed E-state index contributed by atoms with van der Waals surface area (Å²) in [5.74, 6) is 1.46. The molecule has 0 spiro atoms. The Balaban J connectivity index is 1.29. The number of fused-ring (bicyclic) bond motifs is 1. The molecule has 0 saturated carbocycles. The zero-order valence-electron chi connectivity index (χ0n) is 15.7. The topological polar surface area (TPSA) is 63.3 Å². The number of nitrogens with zero attached hydrogens (tertiary/aromatic N) is 3. The largest absolute Gasteiger partial charge is 0.491 e. The molecule has 3 aromatic rings. The fourth-order valence-corrected chi connectivity index (χ4v) is 3.68. The first-order chi connectivity index (χ1) is 13.3. The molecule has 2 aromatic heterocycles. The molecule has 0 bridgehead atoms. The lowest BCUT2D eigenvalue weighted by Crippen LogP contribution is -2.32. The molecule has 0 atom stereocenters. The molecule has 1 aromatic carbocycles. The SMILES string of the molecule is COCCOc1ccc(CN2CCC(c3cc4nccnc4[nH]3)CC2)cc1. The van der Waals surface area contributed by atoms with Crippen LogP contribution >= 0.6 is 0 Å². The minimum absolute atomic E-state index is 0.564. The van der Waals surface area contributed by atoms with Gasteiger partial charge in [-0.1, -0.05) is 12.1 Å². The van der Waals surface area contributed by atoms with Crippen molar-refractivity contribution in [2.45, 2.75) is 25.3 Å². The van der Waals surface area contributed by atoms with Gasteiger partial charge in [0.2, 0.25) is 0 Å². The number of methoxy groups -OCH3 is 1. The summed E-state index contributed by atoms with van der Waals surface area (Å²) in [6.45, 7) is 4.39. The van der Waals surface area contributed by atoms with E-state index in [1.54, 1.807) is 19.5 Å². The van der Waals surface area contributed by atoms with Crippen LogP contribution in [0.15, 0.2) is 42.7 Å². The van der Waals surface area contributed by atoms with Crippen LogP contribution in [-0.4, -0.2) is 53.3 Å². The first kappa shape index (κ1) is 17.9. The zero-order valence-corrected chi connectivity index (χ0v) is 15.7. The number of hydrogen-bond donors (Lipinski definition) is 1. The first-order valence-corrected chi connectivity index (χ1v) is 9.54. The first-order valence-electron chi connectivity index (χ1n) is 9.54. The summed E-state index contributed by atoms with van der Waals surface area (Å²) in [7, 11) is 1.68. The number of aromatic amines is 1. The van der Waals surface area contributed by atoms with Crippen LogP contribution in [0.3, 0.4) is 0 Å². The van der Waals surface area contributed by atoms with Crippen LogP contribution in [0.4, 0.5) is 0 Å². The van der Waals surface area contributed by atoms with Gasteiger partial charge in [-0.2, -0.15) is 0 Å². The molecule has 1 aliphatic rings.